The Labute approximate surface area is 115 Å². The van der Waals surface area contributed by atoms with Crippen LogP contribution in [-0.4, -0.2) is 0 Å². The molecule has 0 bridgehead atoms. The van der Waals surface area contributed by atoms with Crippen LogP contribution < -0.4 is 11.3 Å². The lowest BCUT2D eigenvalue weighted by molar-refractivity contribution is 0.465. The van der Waals surface area contributed by atoms with Gasteiger partial charge in [-0.05, 0) is 24.6 Å². The van der Waals surface area contributed by atoms with E-state index in [0.29, 0.717) is 6.42 Å². The molecule has 0 aliphatic rings. The first-order valence-electron chi connectivity index (χ1n) is 6.13. The smallest absolute Gasteiger partial charge is 0.163 e. The summed E-state index contributed by atoms with van der Waals surface area (Å²) in [5.41, 5.74) is 2.82. The Morgan fingerprint density at radius 1 is 1.21 bits per heavy atom. The molecule has 19 heavy (non-hydrogen) atoms. The number of nitrogens with two attached hydrogens (primary N) is 1. The molecule has 102 valence electrons. The normalized spacial score (nSPS) is 12.6. The van der Waals surface area contributed by atoms with Gasteiger partial charge in [0.2, 0.25) is 0 Å². The second-order valence-corrected chi connectivity index (χ2v) is 5.54. The van der Waals surface area contributed by atoms with Gasteiger partial charge in [-0.2, -0.15) is 0 Å². The lowest BCUT2D eigenvalue weighted by Crippen LogP contribution is -2.30. The van der Waals surface area contributed by atoms with Gasteiger partial charge in [0, 0.05) is 21.7 Å². The summed E-state index contributed by atoms with van der Waals surface area (Å²) in [5, 5.41) is 0. The third kappa shape index (κ3) is 3.18. The van der Waals surface area contributed by atoms with E-state index in [1.165, 1.54) is 10.9 Å². The van der Waals surface area contributed by atoms with Crippen molar-refractivity contribution >= 4 is 11.3 Å². The van der Waals surface area contributed by atoms with E-state index in [4.69, 9.17) is 5.84 Å². The number of benzene rings is 1. The maximum atomic E-state index is 13.7. The molecule has 0 radical (unpaired) electrons. The Morgan fingerprint density at radius 3 is 2.58 bits per heavy atom. The molecule has 0 aliphatic carbocycles. The number of rotatable bonds is 5. The number of aryl methyl sites for hydroxylation is 1. The number of thiophene rings is 1. The summed E-state index contributed by atoms with van der Waals surface area (Å²) in [5.74, 6) is 3.79. The van der Waals surface area contributed by atoms with Crippen molar-refractivity contribution in [1.82, 2.24) is 5.43 Å². The number of nitrogens with one attached hydrogen (secondary N) is 1. The second kappa shape index (κ2) is 6.23. The summed E-state index contributed by atoms with van der Waals surface area (Å²) < 4.78 is 27.0. The first-order valence-corrected chi connectivity index (χ1v) is 6.95. The zero-order valence-corrected chi connectivity index (χ0v) is 11.4. The fourth-order valence-electron chi connectivity index (χ4n) is 1.97. The van der Waals surface area contributed by atoms with E-state index in [-0.39, 0.29) is 5.56 Å². The number of hydrazine groups is 1. The summed E-state index contributed by atoms with van der Waals surface area (Å²) in [7, 11) is 0. The molecule has 0 fully saturated rings. The molecule has 1 heterocycles. The molecule has 3 N–H and O–H groups in total. The fourth-order valence-corrected chi connectivity index (χ4v) is 2.97. The van der Waals surface area contributed by atoms with Crippen LogP contribution in [-0.2, 0) is 12.8 Å². The van der Waals surface area contributed by atoms with Crippen LogP contribution in [0, 0.1) is 11.6 Å². The third-order valence-electron chi connectivity index (χ3n) is 3.03. The Morgan fingerprint density at radius 2 is 1.95 bits per heavy atom. The second-order valence-electron chi connectivity index (χ2n) is 4.29. The fraction of sp³-hybridized carbons (Fsp3) is 0.286. The third-order valence-corrected chi connectivity index (χ3v) is 4.28. The average Bonchev–Trinajstić information content (AvgIpc) is 2.87. The molecule has 0 amide bonds. The Kier molecular flexibility index (Phi) is 4.63. The zero-order chi connectivity index (χ0) is 13.8. The predicted octanol–water partition coefficient (Wildman–Crippen LogP) is 3.34. The highest BCUT2D eigenvalue weighted by Crippen LogP contribution is 2.26. The van der Waals surface area contributed by atoms with Gasteiger partial charge < -0.3 is 0 Å². The highest BCUT2D eigenvalue weighted by molar-refractivity contribution is 7.11. The molecule has 0 spiro atoms. The minimum Gasteiger partial charge on any atom is -0.271 e. The van der Waals surface area contributed by atoms with Crippen molar-refractivity contribution in [1.29, 1.82) is 0 Å². The van der Waals surface area contributed by atoms with Gasteiger partial charge in [0.25, 0.3) is 0 Å². The number of halogens is 2. The highest BCUT2D eigenvalue weighted by atomic mass is 32.1. The lowest BCUT2D eigenvalue weighted by atomic mass is 10.0. The van der Waals surface area contributed by atoms with Gasteiger partial charge in [-0.25, -0.2) is 8.78 Å². The van der Waals surface area contributed by atoms with Crippen LogP contribution in [0.25, 0.3) is 0 Å². The molecule has 0 saturated heterocycles. The van der Waals surface area contributed by atoms with Gasteiger partial charge in [0.15, 0.2) is 11.6 Å². The van der Waals surface area contributed by atoms with Crippen LogP contribution >= 0.6 is 11.3 Å². The topological polar surface area (TPSA) is 38.0 Å². The molecule has 1 aromatic carbocycles. The highest BCUT2D eigenvalue weighted by Gasteiger charge is 2.18. The van der Waals surface area contributed by atoms with Crippen molar-refractivity contribution in [3.63, 3.8) is 0 Å². The average molecular weight is 282 g/mol. The lowest BCUT2D eigenvalue weighted by Gasteiger charge is -2.16. The van der Waals surface area contributed by atoms with Gasteiger partial charge >= 0.3 is 0 Å². The van der Waals surface area contributed by atoms with Crippen LogP contribution in [0.4, 0.5) is 8.78 Å². The zero-order valence-electron chi connectivity index (χ0n) is 10.6. The van der Waals surface area contributed by atoms with Crippen molar-refractivity contribution < 1.29 is 8.78 Å². The quantitative estimate of drug-likeness (QED) is 0.652. The van der Waals surface area contributed by atoms with Crippen LogP contribution in [0.3, 0.4) is 0 Å². The minimum absolute atomic E-state index is 0.258. The predicted molar refractivity (Wildman–Crippen MR) is 73.8 cm³/mol. The Hall–Kier alpha value is -1.30. The minimum atomic E-state index is -0.849. The van der Waals surface area contributed by atoms with E-state index >= 15 is 0 Å². The summed E-state index contributed by atoms with van der Waals surface area (Å²) >= 11 is 1.67. The summed E-state index contributed by atoms with van der Waals surface area (Å²) in [6.07, 6.45) is 1.52. The molecular formula is C14H16F2N2S. The van der Waals surface area contributed by atoms with E-state index in [0.717, 1.165) is 17.4 Å². The van der Waals surface area contributed by atoms with Crippen molar-refractivity contribution in [2.24, 2.45) is 5.84 Å². The molecule has 0 saturated carbocycles. The van der Waals surface area contributed by atoms with E-state index in [9.17, 15) is 8.78 Å². The molecule has 5 heteroatoms. The van der Waals surface area contributed by atoms with Crippen molar-refractivity contribution in [2.45, 2.75) is 25.8 Å². The SMILES string of the molecule is CCc1ccc(CC(NN)c2cccc(F)c2F)s1. The summed E-state index contributed by atoms with van der Waals surface area (Å²) in [6, 6.07) is 7.77. The summed E-state index contributed by atoms with van der Waals surface area (Å²) in [6.45, 7) is 2.08. The molecule has 1 unspecified atom stereocenters. The van der Waals surface area contributed by atoms with E-state index < -0.39 is 17.7 Å². The van der Waals surface area contributed by atoms with Crippen molar-refractivity contribution in [2.75, 3.05) is 0 Å². The van der Waals surface area contributed by atoms with Crippen LogP contribution in [0.15, 0.2) is 30.3 Å². The van der Waals surface area contributed by atoms with Gasteiger partial charge in [0.05, 0.1) is 6.04 Å². The first kappa shape index (κ1) is 14.1. The maximum absolute atomic E-state index is 13.7. The van der Waals surface area contributed by atoms with Gasteiger partial charge in [-0.1, -0.05) is 19.1 Å². The van der Waals surface area contributed by atoms with E-state index in [1.54, 1.807) is 17.4 Å². The van der Waals surface area contributed by atoms with Crippen LogP contribution in [0.2, 0.25) is 0 Å². The van der Waals surface area contributed by atoms with E-state index in [1.807, 2.05) is 6.07 Å². The molecule has 1 atom stereocenters. The van der Waals surface area contributed by atoms with Crippen LogP contribution in [0.5, 0.6) is 0 Å². The largest absolute Gasteiger partial charge is 0.271 e. The maximum Gasteiger partial charge on any atom is 0.163 e. The molecule has 2 aromatic rings. The monoisotopic (exact) mass is 282 g/mol. The molecule has 2 nitrogen and oxygen atoms in total. The van der Waals surface area contributed by atoms with Crippen molar-refractivity contribution in [3.05, 3.63) is 57.3 Å². The Bertz CT molecular complexity index is 554. The number of hydrogen-bond acceptors (Lipinski definition) is 3. The molecule has 2 rings (SSSR count). The number of hydrogen-bond donors (Lipinski definition) is 2. The molecule has 0 aliphatic heterocycles. The van der Waals surface area contributed by atoms with E-state index in [2.05, 4.69) is 18.4 Å². The van der Waals surface area contributed by atoms with Gasteiger partial charge in [-0.15, -0.1) is 11.3 Å². The van der Waals surface area contributed by atoms with Crippen molar-refractivity contribution in [3.8, 4) is 0 Å². The molecular weight excluding hydrogens is 266 g/mol. The molecule has 1 aromatic heterocycles. The summed E-state index contributed by atoms with van der Waals surface area (Å²) in [4.78, 5) is 2.37. The van der Waals surface area contributed by atoms with Gasteiger partial charge in [-0.3, -0.25) is 11.3 Å². The van der Waals surface area contributed by atoms with Crippen LogP contribution in [0.1, 0.15) is 28.3 Å². The first-order chi connectivity index (χ1) is 9.15. The Balaban J connectivity index is 2.22. The standard InChI is InChI=1S/C14H16F2N2S/c1-2-9-6-7-10(19-9)8-13(18-17)11-4-3-5-12(15)14(11)16/h3-7,13,18H,2,8,17H2,1H3. The van der Waals surface area contributed by atoms with Gasteiger partial charge in [0.1, 0.15) is 0 Å².